The lowest BCUT2D eigenvalue weighted by atomic mass is 10.1. The van der Waals surface area contributed by atoms with E-state index in [0.29, 0.717) is 22.7 Å². The zero-order valence-electron chi connectivity index (χ0n) is 13.8. The fourth-order valence-corrected chi connectivity index (χ4v) is 3.58. The molecule has 1 aliphatic heterocycles. The van der Waals surface area contributed by atoms with Crippen LogP contribution in [0.1, 0.15) is 11.1 Å². The second kappa shape index (κ2) is 6.85. The quantitative estimate of drug-likeness (QED) is 0.503. The minimum atomic E-state index is -0.602. The number of para-hydroxylation sites is 1. The van der Waals surface area contributed by atoms with Crippen LogP contribution in [0.25, 0.3) is 17.0 Å². The van der Waals surface area contributed by atoms with E-state index in [9.17, 15) is 18.8 Å². The van der Waals surface area contributed by atoms with E-state index in [1.165, 1.54) is 24.3 Å². The monoisotopic (exact) mass is 381 g/mol. The molecule has 2 aromatic carbocycles. The molecule has 0 aliphatic carbocycles. The van der Waals surface area contributed by atoms with Gasteiger partial charge in [0, 0.05) is 10.9 Å². The third-order valence-corrected chi connectivity index (χ3v) is 5.02. The van der Waals surface area contributed by atoms with E-state index >= 15 is 0 Å². The van der Waals surface area contributed by atoms with Gasteiger partial charge in [-0.15, -0.1) is 0 Å². The van der Waals surface area contributed by atoms with E-state index in [2.05, 4.69) is 0 Å². The number of thioether (sulfide) groups is 1. The zero-order chi connectivity index (χ0) is 19.0. The van der Waals surface area contributed by atoms with Crippen molar-refractivity contribution in [2.24, 2.45) is 0 Å². The first-order valence-corrected chi connectivity index (χ1v) is 8.86. The van der Waals surface area contributed by atoms with Gasteiger partial charge in [-0.1, -0.05) is 36.4 Å². The SMILES string of the molecule is O=C1S/C(=C\c2cc3ccccc3oc2=O)C(=O)N1Cc1ccccc1F. The molecular formula is C20H12FNO4S. The van der Waals surface area contributed by atoms with Crippen molar-refractivity contribution in [1.29, 1.82) is 0 Å². The van der Waals surface area contributed by atoms with Crippen LogP contribution in [0.15, 0.2) is 68.7 Å². The van der Waals surface area contributed by atoms with Crippen LogP contribution < -0.4 is 5.63 Å². The number of carbonyl (C=O) groups excluding carboxylic acids is 2. The molecule has 2 amide bonds. The van der Waals surface area contributed by atoms with E-state index in [-0.39, 0.29) is 22.6 Å². The number of rotatable bonds is 3. The summed E-state index contributed by atoms with van der Waals surface area (Å²) in [6, 6.07) is 14.5. The van der Waals surface area contributed by atoms with Crippen LogP contribution in [-0.4, -0.2) is 16.0 Å². The van der Waals surface area contributed by atoms with E-state index in [4.69, 9.17) is 4.42 Å². The average molecular weight is 381 g/mol. The van der Waals surface area contributed by atoms with Gasteiger partial charge >= 0.3 is 5.63 Å². The Hall–Kier alpha value is -3.19. The van der Waals surface area contributed by atoms with E-state index in [1.54, 1.807) is 36.4 Å². The summed E-state index contributed by atoms with van der Waals surface area (Å²) in [4.78, 5) is 38.0. The lowest BCUT2D eigenvalue weighted by Crippen LogP contribution is -2.28. The molecule has 134 valence electrons. The summed E-state index contributed by atoms with van der Waals surface area (Å²) < 4.78 is 19.1. The minimum absolute atomic E-state index is 0.0962. The Morgan fingerprint density at radius 3 is 2.59 bits per heavy atom. The van der Waals surface area contributed by atoms with Gasteiger partial charge in [0.2, 0.25) is 0 Å². The van der Waals surface area contributed by atoms with Gasteiger partial charge in [-0.25, -0.2) is 9.18 Å². The number of hydrogen-bond donors (Lipinski definition) is 0. The van der Waals surface area contributed by atoms with E-state index < -0.39 is 22.6 Å². The van der Waals surface area contributed by atoms with Crippen LogP contribution in [0, 0.1) is 5.82 Å². The number of hydrogen-bond acceptors (Lipinski definition) is 5. The van der Waals surface area contributed by atoms with E-state index in [1.807, 2.05) is 0 Å². The molecule has 0 spiro atoms. The second-order valence-corrected chi connectivity index (χ2v) is 6.88. The summed E-state index contributed by atoms with van der Waals surface area (Å²) in [5.74, 6) is -1.06. The molecule has 0 unspecified atom stereocenters. The molecular weight excluding hydrogens is 369 g/mol. The summed E-state index contributed by atoms with van der Waals surface area (Å²) in [6.07, 6.45) is 1.34. The van der Waals surface area contributed by atoms with Gasteiger partial charge in [0.15, 0.2) is 0 Å². The summed E-state index contributed by atoms with van der Waals surface area (Å²) >= 11 is 0.711. The molecule has 2 heterocycles. The first-order valence-electron chi connectivity index (χ1n) is 8.04. The van der Waals surface area contributed by atoms with Gasteiger partial charge in [0.25, 0.3) is 11.1 Å². The third-order valence-electron chi connectivity index (χ3n) is 4.11. The molecule has 1 fully saturated rings. The number of nitrogens with zero attached hydrogens (tertiary/aromatic N) is 1. The van der Waals surface area contributed by atoms with Gasteiger partial charge in [-0.3, -0.25) is 14.5 Å². The topological polar surface area (TPSA) is 67.6 Å². The van der Waals surface area contributed by atoms with Crippen LogP contribution in [0.3, 0.4) is 0 Å². The Morgan fingerprint density at radius 1 is 1.04 bits per heavy atom. The minimum Gasteiger partial charge on any atom is -0.422 e. The lowest BCUT2D eigenvalue weighted by Gasteiger charge is -2.12. The molecule has 0 saturated carbocycles. The number of fused-ring (bicyclic) bond motifs is 1. The van der Waals surface area contributed by atoms with Gasteiger partial charge in [0.1, 0.15) is 11.4 Å². The van der Waals surface area contributed by atoms with Crippen molar-refractivity contribution in [3.8, 4) is 0 Å². The molecule has 0 radical (unpaired) electrons. The standard InChI is InChI=1S/C20H12FNO4S/c21-15-7-3-1-6-13(15)11-22-18(23)17(27-20(22)25)10-14-9-12-5-2-4-8-16(12)26-19(14)24/h1-10H,11H2/b17-10-. The van der Waals surface area contributed by atoms with Crippen molar-refractivity contribution in [1.82, 2.24) is 4.90 Å². The number of carbonyl (C=O) groups is 2. The second-order valence-electron chi connectivity index (χ2n) is 5.89. The van der Waals surface area contributed by atoms with Crippen LogP contribution in [0.4, 0.5) is 9.18 Å². The summed E-state index contributed by atoms with van der Waals surface area (Å²) in [5.41, 5.74) is 0.248. The Kier molecular flexibility index (Phi) is 4.37. The van der Waals surface area contributed by atoms with Gasteiger partial charge < -0.3 is 4.42 Å². The van der Waals surface area contributed by atoms with Crippen LogP contribution in [0.2, 0.25) is 0 Å². The van der Waals surface area contributed by atoms with E-state index in [0.717, 1.165) is 4.90 Å². The fourth-order valence-electron chi connectivity index (χ4n) is 2.75. The highest BCUT2D eigenvalue weighted by molar-refractivity contribution is 8.18. The number of imide groups is 1. The maximum atomic E-state index is 13.8. The van der Waals surface area contributed by atoms with Crippen molar-refractivity contribution in [3.63, 3.8) is 0 Å². The number of benzene rings is 2. The first-order chi connectivity index (χ1) is 13.0. The molecule has 3 aromatic rings. The smallest absolute Gasteiger partial charge is 0.343 e. The Balaban J connectivity index is 1.66. The third kappa shape index (κ3) is 3.29. The predicted molar refractivity (Wildman–Crippen MR) is 100 cm³/mol. The van der Waals surface area contributed by atoms with Gasteiger partial charge in [0.05, 0.1) is 17.0 Å². The number of amides is 2. The summed E-state index contributed by atoms with van der Waals surface area (Å²) in [6.45, 7) is -0.166. The molecule has 1 aromatic heterocycles. The highest BCUT2D eigenvalue weighted by Gasteiger charge is 2.35. The predicted octanol–water partition coefficient (Wildman–Crippen LogP) is 4.17. The summed E-state index contributed by atoms with van der Waals surface area (Å²) in [5, 5.41) is 0.189. The van der Waals surface area contributed by atoms with Crippen molar-refractivity contribution in [2.75, 3.05) is 0 Å². The molecule has 27 heavy (non-hydrogen) atoms. The van der Waals surface area contributed by atoms with Crippen molar-refractivity contribution < 1.29 is 18.4 Å². The maximum Gasteiger partial charge on any atom is 0.343 e. The lowest BCUT2D eigenvalue weighted by molar-refractivity contribution is -0.123. The van der Waals surface area contributed by atoms with Crippen molar-refractivity contribution >= 4 is 40.0 Å². The highest BCUT2D eigenvalue weighted by atomic mass is 32.2. The zero-order valence-corrected chi connectivity index (χ0v) is 14.7. The maximum absolute atomic E-state index is 13.8. The molecule has 0 bridgehead atoms. The molecule has 1 aliphatic rings. The van der Waals surface area contributed by atoms with Crippen LogP contribution >= 0.6 is 11.8 Å². The Labute approximate surface area is 157 Å². The molecule has 7 heteroatoms. The van der Waals surface area contributed by atoms with Gasteiger partial charge in [-0.2, -0.15) is 0 Å². The normalized spacial score (nSPS) is 15.9. The highest BCUT2D eigenvalue weighted by Crippen LogP contribution is 2.33. The van der Waals surface area contributed by atoms with Crippen LogP contribution in [0.5, 0.6) is 0 Å². The molecule has 4 rings (SSSR count). The molecule has 1 saturated heterocycles. The molecule has 0 atom stereocenters. The molecule has 5 nitrogen and oxygen atoms in total. The summed E-state index contributed by atoms with van der Waals surface area (Å²) in [7, 11) is 0. The Bertz CT molecular complexity index is 1170. The first kappa shape index (κ1) is 17.2. The molecule has 0 N–H and O–H groups in total. The van der Waals surface area contributed by atoms with Gasteiger partial charge in [-0.05, 0) is 36.0 Å². The van der Waals surface area contributed by atoms with Crippen molar-refractivity contribution in [2.45, 2.75) is 6.54 Å². The Morgan fingerprint density at radius 2 is 1.78 bits per heavy atom. The largest absolute Gasteiger partial charge is 0.422 e. The van der Waals surface area contributed by atoms with Crippen molar-refractivity contribution in [3.05, 3.63) is 86.9 Å². The average Bonchev–Trinajstić information content (AvgIpc) is 2.91. The fraction of sp³-hybridized carbons (Fsp3) is 0.0500. The number of halogens is 1. The van der Waals surface area contributed by atoms with Crippen LogP contribution in [-0.2, 0) is 11.3 Å².